The van der Waals surface area contributed by atoms with E-state index in [0.29, 0.717) is 147 Å². The topological polar surface area (TPSA) is 344 Å². The summed E-state index contributed by atoms with van der Waals surface area (Å²) in [6, 6.07) is 52.1. The summed E-state index contributed by atoms with van der Waals surface area (Å²) < 4.78 is 46.1. The Kier molecular flexibility index (Phi) is 40.2. The summed E-state index contributed by atoms with van der Waals surface area (Å²) in [5.41, 5.74) is 18.8. The van der Waals surface area contributed by atoms with Gasteiger partial charge in [0.1, 0.15) is 5.15 Å². The van der Waals surface area contributed by atoms with Gasteiger partial charge in [-0.3, -0.25) is 0 Å². The van der Waals surface area contributed by atoms with E-state index in [2.05, 4.69) is 25.4 Å². The van der Waals surface area contributed by atoms with Crippen LogP contribution < -0.4 is 24.3 Å². The van der Waals surface area contributed by atoms with Crippen molar-refractivity contribution >= 4 is 163 Å². The molecule has 16 rings (SSSR count). The zero-order valence-corrected chi connectivity index (χ0v) is 91.2. The smallest absolute Gasteiger partial charge is 0.870 e. The largest absolute Gasteiger partial charge is 1.00 e. The molecule has 146 heavy (non-hydrogen) atoms. The molecule has 0 fully saturated rings. The zero-order chi connectivity index (χ0) is 105. The Bertz CT molecular complexity index is 7280. The van der Waals surface area contributed by atoms with Crippen LogP contribution in [0.5, 0.6) is 0 Å². The number of methoxy groups -OCH3 is 3. The van der Waals surface area contributed by atoms with Crippen molar-refractivity contribution in [1.29, 1.82) is 0 Å². The number of fused-ring (bicyclic) bond motifs is 4. The minimum absolute atomic E-state index is 0. The van der Waals surface area contributed by atoms with E-state index < -0.39 is 77.8 Å². The van der Waals surface area contributed by atoms with Gasteiger partial charge in [0, 0.05) is 109 Å². The van der Waals surface area contributed by atoms with E-state index in [1.165, 1.54) is 25.8 Å². The second-order valence-corrected chi connectivity index (χ2v) is 41.4. The van der Waals surface area contributed by atoms with E-state index in [0.717, 1.165) is 66.8 Å². The Balaban J connectivity index is 0.000000208. The van der Waals surface area contributed by atoms with Crippen molar-refractivity contribution in [3.05, 3.63) is 307 Å². The van der Waals surface area contributed by atoms with Crippen LogP contribution >= 0.6 is 104 Å². The number of esters is 3. The number of hydrogen-bond donors (Lipinski definition) is 3. The predicted octanol–water partition coefficient (Wildman–Crippen LogP) is 23.8. The number of carbonyl (C=O) groups excluding carboxylic acids is 3. The predicted molar refractivity (Wildman–Crippen MR) is 576 cm³/mol. The van der Waals surface area contributed by atoms with Gasteiger partial charge >= 0.3 is 49.9 Å². The van der Waals surface area contributed by atoms with E-state index in [9.17, 15) is 24.3 Å². The molecule has 0 aliphatic heterocycles. The van der Waals surface area contributed by atoms with Gasteiger partial charge in [-0.15, -0.1) is 0 Å². The van der Waals surface area contributed by atoms with Crippen LogP contribution in [-0.2, 0) is 52.3 Å². The number of carbonyl (C=O) groups is 4. The SMILES string of the molecule is C.COC(=O)C(OC(C)(C)C)c1c(C)nc2c(-c3cccc(Cl)c3)cnn2c1-c1ccc(C)cc1Cl.COC(=O)C(OC(C)(C)C)c1c(C)nc2c(-c3cccc(Cl)c3)cnn2c1-c1ccc(C)cc1Cl.COC(=O)C(OC(C)(C)C)c1c(C)nc2c(-c3cccc(Cl)c3)cnn2c1Cl.Cc1ccc(-c2c(C(OC(C)(C)C)C(=O)O)c(C)nc3c(-c4cccc(Cl)c4)cnn23)c(Cl)c1.Cc1ccc(B(O)O)c(Cl)c1.[Li+].[OH-]. The number of carboxylic acid groups (broad SMARTS) is 1. The van der Waals surface area contributed by atoms with Crippen molar-refractivity contribution in [3.63, 3.8) is 0 Å². The molecular weight excluding hydrogens is 2040 g/mol. The molecule has 0 radical (unpaired) electrons. The number of nitrogens with zero attached hydrogens (tertiary/aromatic N) is 12. The van der Waals surface area contributed by atoms with E-state index in [-0.39, 0.29) is 36.9 Å². The van der Waals surface area contributed by atoms with Crippen LogP contribution in [0.4, 0.5) is 0 Å². The molecule has 0 bridgehead atoms. The zero-order valence-electron chi connectivity index (χ0n) is 84.4. The molecule has 8 heterocycles. The quantitative estimate of drug-likeness (QED) is 0.0276. The third-order valence-electron chi connectivity index (χ3n) is 22.0. The van der Waals surface area contributed by atoms with E-state index >= 15 is 0 Å². The summed E-state index contributed by atoms with van der Waals surface area (Å²) in [5, 5.41) is 50.6. The summed E-state index contributed by atoms with van der Waals surface area (Å²) in [5.74, 6) is -2.74. The van der Waals surface area contributed by atoms with E-state index in [1.54, 1.807) is 82.5 Å². The van der Waals surface area contributed by atoms with Gasteiger partial charge in [0.25, 0.3) is 0 Å². The van der Waals surface area contributed by atoms with Crippen LogP contribution in [0.2, 0.25) is 45.3 Å². The molecule has 4 unspecified atom stereocenters. The Morgan fingerprint density at radius 3 is 0.815 bits per heavy atom. The molecule has 0 saturated heterocycles. The van der Waals surface area contributed by atoms with Gasteiger partial charge in [0.05, 0.1) is 106 Å². The molecule has 0 amide bonds. The van der Waals surface area contributed by atoms with Crippen LogP contribution in [0.3, 0.4) is 0 Å². The number of aryl methyl sites for hydroxylation is 8. The standard InChI is InChI=1S/2C27H27Cl2N3O3.C26H25Cl2N3O3.C20H21Cl2N3O3.C7H8BClO2.CH4.Li.H2O/c2*1-15-10-11-19(21(29)12-15)23-22(24(26(33)34-6)35-27(3,4)5)16(2)31-25-20(14-30-32(23)25)17-8-7-9-18(28)13-17;1-14-9-10-18(20(28)11-14)22-21(23(25(32)33)34-26(3,4)5)15(2)30-24-19(13-29-31(22)24)16-7-6-8-17(27)12-16;1-11-15(16(19(26)27-5)28-20(2,3)4)17(22)25-18(24-11)14(10-23-25)12-7-6-8-13(21)9-12;1-5-2-3-6(8(10)11)7(9)4-5;;;/h2*7-14,24H,1-6H3;6-13,23H,1-5H3,(H,32,33);6-10,16H,1-5H3;2-4,10-11H,1H3;1H4;;1H2/q;;;;;;+1;/p-1. The van der Waals surface area contributed by atoms with Crippen molar-refractivity contribution in [2.45, 2.75) is 193 Å². The first-order valence-corrected chi connectivity index (χ1v) is 48.4. The molecule has 8 aromatic heterocycles. The van der Waals surface area contributed by atoms with Crippen molar-refractivity contribution < 1.29 is 91.8 Å². The van der Waals surface area contributed by atoms with Crippen molar-refractivity contribution in [2.24, 2.45) is 0 Å². The van der Waals surface area contributed by atoms with Gasteiger partial charge in [0.15, 0.2) is 47.0 Å². The maximum atomic E-state index is 13.0. The Morgan fingerprint density at radius 2 is 0.568 bits per heavy atom. The van der Waals surface area contributed by atoms with Gasteiger partial charge < -0.3 is 53.8 Å². The van der Waals surface area contributed by atoms with Crippen LogP contribution in [0.1, 0.15) is 182 Å². The molecule has 16 aromatic rings. The third kappa shape index (κ3) is 28.2. The molecule has 762 valence electrons. The molecule has 0 aliphatic carbocycles. The van der Waals surface area contributed by atoms with Crippen molar-refractivity contribution in [1.82, 2.24) is 58.4 Å². The molecule has 38 heteroatoms. The monoisotopic (exact) mass is 2150 g/mol. The summed E-state index contributed by atoms with van der Waals surface area (Å²) in [6.45, 7) is 37.3. The van der Waals surface area contributed by atoms with Crippen LogP contribution in [0.25, 0.3) is 101 Å². The van der Waals surface area contributed by atoms with Crippen LogP contribution in [0.15, 0.2) is 195 Å². The number of rotatable bonds is 20. The van der Waals surface area contributed by atoms with Crippen LogP contribution in [-0.4, -0.2) is 154 Å². The molecule has 27 nitrogen and oxygen atoms in total. The first-order valence-electron chi connectivity index (χ1n) is 45.0. The maximum Gasteiger partial charge on any atom is 1.00 e. The Morgan fingerprint density at radius 1 is 0.329 bits per heavy atom. The second kappa shape index (κ2) is 49.5. The molecule has 8 aromatic carbocycles. The number of aliphatic carboxylic acids is 1. The van der Waals surface area contributed by atoms with Gasteiger partial charge in [-0.05, 0) is 256 Å². The summed E-state index contributed by atoms with van der Waals surface area (Å²) in [7, 11) is 2.50. The summed E-state index contributed by atoms with van der Waals surface area (Å²) in [4.78, 5) is 70.0. The number of aromatic nitrogens is 12. The number of halogens is 9. The van der Waals surface area contributed by atoms with Gasteiger partial charge in [-0.25, -0.2) is 57.2 Å². The molecule has 4 atom stereocenters. The van der Waals surface area contributed by atoms with Crippen molar-refractivity contribution in [3.8, 4) is 78.3 Å². The van der Waals surface area contributed by atoms with Gasteiger partial charge in [-0.2, -0.15) is 20.4 Å². The maximum absolute atomic E-state index is 13.0. The Hall–Kier alpha value is -10.9. The first-order chi connectivity index (χ1) is 67.2. The van der Waals surface area contributed by atoms with E-state index in [1.807, 2.05) is 264 Å². The fourth-order valence-electron chi connectivity index (χ4n) is 15.8. The summed E-state index contributed by atoms with van der Waals surface area (Å²) in [6.07, 6.45) is 2.47. The molecular formula is C108H113BCl9LiN12O15. The Labute approximate surface area is 906 Å². The number of carboxylic acids is 1. The van der Waals surface area contributed by atoms with E-state index in [4.69, 9.17) is 163 Å². The third-order valence-corrected chi connectivity index (χ3v) is 24.5. The summed E-state index contributed by atoms with van der Waals surface area (Å²) >= 11 is 57.4. The number of hydrogen-bond acceptors (Lipinski definition) is 22. The first kappa shape index (κ1) is 119. The number of ether oxygens (including phenoxy) is 7. The average molecular weight is 2160 g/mol. The van der Waals surface area contributed by atoms with Gasteiger partial charge in [0.2, 0.25) is 0 Å². The fraction of sp³-hybridized carbons (Fsp3) is 0.296. The van der Waals surface area contributed by atoms with Crippen molar-refractivity contribution in [2.75, 3.05) is 21.3 Å². The molecule has 0 aliphatic rings. The second-order valence-electron chi connectivity index (χ2n) is 37.7. The number of benzene rings is 8. The minimum Gasteiger partial charge on any atom is -0.870 e. The minimum atomic E-state index is -1.48. The molecule has 0 spiro atoms. The fourth-order valence-corrected chi connectivity index (χ4v) is 18.2. The molecule has 4 N–H and O–H groups in total. The normalized spacial score (nSPS) is 12.3. The van der Waals surface area contributed by atoms with Gasteiger partial charge in [-0.1, -0.05) is 209 Å². The van der Waals surface area contributed by atoms with Crippen LogP contribution in [0, 0.1) is 55.4 Å². The average Bonchev–Trinajstić information content (AvgIpc) is 1.51. The molecule has 0 saturated carbocycles.